The molecule has 1 nitrogen and oxygen atoms in total. The van der Waals surface area contributed by atoms with E-state index >= 15 is 0 Å². The van der Waals surface area contributed by atoms with Crippen LogP contribution in [0.3, 0.4) is 0 Å². The average molecular weight is 293 g/mol. The van der Waals surface area contributed by atoms with Gasteiger partial charge in [-0.1, -0.05) is 19.1 Å². The monoisotopic (exact) mass is 293 g/mol. The first-order chi connectivity index (χ1) is 9.93. The van der Waals surface area contributed by atoms with E-state index in [-0.39, 0.29) is 11.1 Å². The fourth-order valence-corrected chi connectivity index (χ4v) is 2.34. The summed E-state index contributed by atoms with van der Waals surface area (Å²) in [5.41, 5.74) is 1.44. The molecule has 1 N–H and O–H groups in total. The van der Waals surface area contributed by atoms with E-state index in [4.69, 9.17) is 0 Å². The van der Waals surface area contributed by atoms with Crippen LogP contribution < -0.4 is 5.32 Å². The van der Waals surface area contributed by atoms with E-state index in [1.807, 2.05) is 6.92 Å². The van der Waals surface area contributed by atoms with Gasteiger partial charge < -0.3 is 5.32 Å². The summed E-state index contributed by atoms with van der Waals surface area (Å²) >= 11 is 0. The minimum Gasteiger partial charge on any atom is -0.306 e. The van der Waals surface area contributed by atoms with Crippen molar-refractivity contribution in [2.45, 2.75) is 26.8 Å². The van der Waals surface area contributed by atoms with Gasteiger partial charge >= 0.3 is 0 Å². The molecule has 0 aliphatic rings. The summed E-state index contributed by atoms with van der Waals surface area (Å²) < 4.78 is 42.1. The summed E-state index contributed by atoms with van der Waals surface area (Å²) in [6.07, 6.45) is 0. The number of rotatable bonds is 4. The van der Waals surface area contributed by atoms with Crippen LogP contribution in [0.1, 0.15) is 35.2 Å². The Morgan fingerprint density at radius 2 is 1.57 bits per heavy atom. The van der Waals surface area contributed by atoms with Crippen LogP contribution in [0.15, 0.2) is 30.3 Å². The van der Waals surface area contributed by atoms with Crippen molar-refractivity contribution in [3.05, 3.63) is 70.0 Å². The van der Waals surface area contributed by atoms with Gasteiger partial charge in [0.05, 0.1) is 6.04 Å². The zero-order chi connectivity index (χ0) is 15.6. The molecule has 4 heteroatoms. The maximum Gasteiger partial charge on any atom is 0.128 e. The number of benzene rings is 2. The van der Waals surface area contributed by atoms with Crippen molar-refractivity contribution in [3.8, 4) is 0 Å². The average Bonchev–Trinajstić information content (AvgIpc) is 2.41. The molecule has 0 bridgehead atoms. The Morgan fingerprint density at radius 1 is 0.905 bits per heavy atom. The largest absolute Gasteiger partial charge is 0.306 e. The van der Waals surface area contributed by atoms with Crippen molar-refractivity contribution >= 4 is 0 Å². The zero-order valence-corrected chi connectivity index (χ0v) is 12.3. The molecule has 1 atom stereocenters. The van der Waals surface area contributed by atoms with Gasteiger partial charge in [-0.25, -0.2) is 13.2 Å². The quantitative estimate of drug-likeness (QED) is 0.880. The number of hydrogen-bond donors (Lipinski definition) is 1. The summed E-state index contributed by atoms with van der Waals surface area (Å²) in [7, 11) is 0. The molecule has 0 aliphatic heterocycles. The second kappa shape index (κ2) is 6.31. The maximum atomic E-state index is 14.2. The first-order valence-corrected chi connectivity index (χ1v) is 6.89. The Morgan fingerprint density at radius 3 is 2.19 bits per heavy atom. The maximum absolute atomic E-state index is 14.2. The van der Waals surface area contributed by atoms with Crippen LogP contribution in [-0.2, 0) is 0 Å². The third kappa shape index (κ3) is 3.27. The lowest BCUT2D eigenvalue weighted by molar-refractivity contribution is 0.520. The first kappa shape index (κ1) is 15.6. The Kier molecular flexibility index (Phi) is 4.68. The predicted octanol–water partition coefficient (Wildman–Crippen LogP) is 4.42. The fraction of sp³-hybridized carbons (Fsp3) is 0.294. The van der Waals surface area contributed by atoms with E-state index < -0.39 is 23.5 Å². The Hall–Kier alpha value is -1.81. The number of nitrogens with one attached hydrogen (secondary N) is 1. The zero-order valence-electron chi connectivity index (χ0n) is 12.3. The van der Waals surface area contributed by atoms with Crippen LogP contribution in [0.5, 0.6) is 0 Å². The van der Waals surface area contributed by atoms with Crippen molar-refractivity contribution in [2.24, 2.45) is 0 Å². The molecule has 2 aromatic carbocycles. The molecule has 0 aliphatic carbocycles. The highest BCUT2D eigenvalue weighted by Crippen LogP contribution is 2.28. The van der Waals surface area contributed by atoms with Gasteiger partial charge in [0, 0.05) is 11.1 Å². The Bertz CT molecular complexity index is 653. The minimum atomic E-state index is -0.717. The molecule has 0 saturated heterocycles. The molecule has 0 aromatic heterocycles. The van der Waals surface area contributed by atoms with Crippen LogP contribution in [0.25, 0.3) is 0 Å². The molecule has 0 amide bonds. The smallest absolute Gasteiger partial charge is 0.128 e. The normalized spacial score (nSPS) is 12.5. The van der Waals surface area contributed by atoms with Crippen LogP contribution in [0.4, 0.5) is 13.2 Å². The third-order valence-corrected chi connectivity index (χ3v) is 3.46. The van der Waals surface area contributed by atoms with Gasteiger partial charge in [-0.3, -0.25) is 0 Å². The second-order valence-corrected chi connectivity index (χ2v) is 5.14. The second-order valence-electron chi connectivity index (χ2n) is 5.14. The van der Waals surface area contributed by atoms with Crippen molar-refractivity contribution in [1.29, 1.82) is 0 Å². The lowest BCUT2D eigenvalue weighted by atomic mass is 9.95. The van der Waals surface area contributed by atoms with Crippen LogP contribution in [-0.4, -0.2) is 6.54 Å². The van der Waals surface area contributed by atoms with Crippen LogP contribution in [0.2, 0.25) is 0 Å². The highest BCUT2D eigenvalue weighted by molar-refractivity contribution is 5.37. The molecule has 0 fully saturated rings. The van der Waals surface area contributed by atoms with Crippen molar-refractivity contribution in [1.82, 2.24) is 5.32 Å². The molecule has 112 valence electrons. The fourth-order valence-electron chi connectivity index (χ4n) is 2.34. The van der Waals surface area contributed by atoms with Crippen molar-refractivity contribution in [2.75, 3.05) is 6.54 Å². The van der Waals surface area contributed by atoms with Gasteiger partial charge in [0.15, 0.2) is 0 Å². The molecule has 2 aromatic rings. The number of aryl methyl sites for hydroxylation is 2. The Balaban J connectivity index is 2.55. The van der Waals surface area contributed by atoms with Gasteiger partial charge in [-0.05, 0) is 49.7 Å². The van der Waals surface area contributed by atoms with Gasteiger partial charge in [0.25, 0.3) is 0 Å². The van der Waals surface area contributed by atoms with E-state index in [1.165, 1.54) is 13.0 Å². The van der Waals surface area contributed by atoms with E-state index in [0.717, 1.165) is 17.7 Å². The molecule has 0 spiro atoms. The van der Waals surface area contributed by atoms with Gasteiger partial charge in [-0.15, -0.1) is 0 Å². The van der Waals surface area contributed by atoms with Crippen LogP contribution in [0, 0.1) is 31.3 Å². The molecule has 2 rings (SSSR count). The topological polar surface area (TPSA) is 12.0 Å². The first-order valence-electron chi connectivity index (χ1n) is 6.89. The van der Waals surface area contributed by atoms with E-state index in [1.54, 1.807) is 19.1 Å². The molecule has 0 radical (unpaired) electrons. The number of hydrogen-bond acceptors (Lipinski definition) is 1. The van der Waals surface area contributed by atoms with E-state index in [2.05, 4.69) is 5.32 Å². The van der Waals surface area contributed by atoms with Crippen LogP contribution >= 0.6 is 0 Å². The van der Waals surface area contributed by atoms with Gasteiger partial charge in [-0.2, -0.15) is 0 Å². The van der Waals surface area contributed by atoms with E-state index in [9.17, 15) is 13.2 Å². The standard InChI is InChI=1S/C17H18F3N/c1-4-21-17(12-6-5-10(2)7-15(12)19)13-9-14(18)11(3)8-16(13)20/h5-9,17,21H,4H2,1-3H3. The molecule has 1 unspecified atom stereocenters. The lowest BCUT2D eigenvalue weighted by Gasteiger charge is -2.21. The summed E-state index contributed by atoms with van der Waals surface area (Å²) in [5.74, 6) is -1.47. The van der Waals surface area contributed by atoms with Gasteiger partial charge in [0.1, 0.15) is 17.5 Å². The van der Waals surface area contributed by atoms with E-state index in [0.29, 0.717) is 12.1 Å². The number of halogens is 3. The molecular formula is C17H18F3N. The lowest BCUT2D eigenvalue weighted by Crippen LogP contribution is -2.24. The summed E-state index contributed by atoms with van der Waals surface area (Å²) in [5, 5.41) is 3.02. The molecular weight excluding hydrogens is 275 g/mol. The summed E-state index contributed by atoms with van der Waals surface area (Å²) in [6.45, 7) is 5.62. The summed E-state index contributed by atoms with van der Waals surface area (Å²) in [6, 6.07) is 6.31. The Labute approximate surface area is 122 Å². The highest BCUT2D eigenvalue weighted by Gasteiger charge is 2.21. The third-order valence-electron chi connectivity index (χ3n) is 3.46. The molecule has 0 heterocycles. The van der Waals surface area contributed by atoms with Gasteiger partial charge in [0.2, 0.25) is 0 Å². The highest BCUT2D eigenvalue weighted by atomic mass is 19.1. The molecule has 0 saturated carbocycles. The van der Waals surface area contributed by atoms with Crippen molar-refractivity contribution < 1.29 is 13.2 Å². The predicted molar refractivity (Wildman–Crippen MR) is 77.8 cm³/mol. The SMILES string of the molecule is CCNC(c1ccc(C)cc1F)c1cc(F)c(C)cc1F. The molecule has 21 heavy (non-hydrogen) atoms. The summed E-state index contributed by atoms with van der Waals surface area (Å²) in [4.78, 5) is 0. The minimum absolute atomic E-state index is 0.114. The van der Waals surface area contributed by atoms with Crippen molar-refractivity contribution in [3.63, 3.8) is 0 Å².